The van der Waals surface area contributed by atoms with Crippen LogP contribution < -0.4 is 10.2 Å². The molecule has 3 rings (SSSR count). The average Bonchev–Trinajstić information content (AvgIpc) is 3.02. The van der Waals surface area contributed by atoms with E-state index in [9.17, 15) is 9.18 Å². The number of hydrogen-bond acceptors (Lipinski definition) is 3. The van der Waals surface area contributed by atoms with Gasteiger partial charge in [0.1, 0.15) is 5.82 Å². The van der Waals surface area contributed by atoms with Gasteiger partial charge in [-0.1, -0.05) is 0 Å². The summed E-state index contributed by atoms with van der Waals surface area (Å²) in [5.41, 5.74) is 1.08. The monoisotopic (exact) mass is 264 g/mol. The van der Waals surface area contributed by atoms with Crippen molar-refractivity contribution < 1.29 is 14.3 Å². The van der Waals surface area contributed by atoms with Crippen molar-refractivity contribution in [1.82, 2.24) is 0 Å². The van der Waals surface area contributed by atoms with Gasteiger partial charge in [-0.15, -0.1) is 0 Å². The van der Waals surface area contributed by atoms with Crippen LogP contribution in [0.5, 0.6) is 0 Å². The molecule has 0 radical (unpaired) electrons. The first-order chi connectivity index (χ1) is 9.15. The van der Waals surface area contributed by atoms with Gasteiger partial charge in [-0.2, -0.15) is 0 Å². The van der Waals surface area contributed by atoms with E-state index in [-0.39, 0.29) is 5.56 Å². The Balaban J connectivity index is 1.97. The number of hydrogen-bond donors (Lipinski definition) is 2. The van der Waals surface area contributed by atoms with Gasteiger partial charge in [0.05, 0.1) is 16.9 Å². The van der Waals surface area contributed by atoms with Gasteiger partial charge in [0.15, 0.2) is 0 Å². The summed E-state index contributed by atoms with van der Waals surface area (Å²) in [5.74, 6) is -1.53. The Bertz CT molecular complexity index is 508. The number of carbonyl (C=O) groups is 1. The zero-order valence-corrected chi connectivity index (χ0v) is 10.7. The first-order valence-electron chi connectivity index (χ1n) is 6.73. The Morgan fingerprint density at radius 2 is 2.00 bits per heavy atom. The summed E-state index contributed by atoms with van der Waals surface area (Å²) in [4.78, 5) is 13.2. The fourth-order valence-electron chi connectivity index (χ4n) is 2.51. The molecule has 0 bridgehead atoms. The molecule has 19 heavy (non-hydrogen) atoms. The summed E-state index contributed by atoms with van der Waals surface area (Å²) in [5, 5.41) is 12.3. The summed E-state index contributed by atoms with van der Waals surface area (Å²) in [6.45, 7) is 1.68. The molecule has 1 aliphatic heterocycles. The van der Waals surface area contributed by atoms with Crippen LogP contribution in [-0.4, -0.2) is 30.2 Å². The molecule has 1 saturated carbocycles. The zero-order valence-electron chi connectivity index (χ0n) is 10.7. The van der Waals surface area contributed by atoms with Gasteiger partial charge in [-0.05, 0) is 37.8 Å². The molecule has 0 spiro atoms. The molecule has 5 heteroatoms. The van der Waals surface area contributed by atoms with Crippen molar-refractivity contribution >= 4 is 17.3 Å². The van der Waals surface area contributed by atoms with Crippen molar-refractivity contribution in [3.05, 3.63) is 23.5 Å². The van der Waals surface area contributed by atoms with Crippen molar-refractivity contribution in [2.75, 3.05) is 23.3 Å². The van der Waals surface area contributed by atoms with E-state index in [1.807, 2.05) is 4.90 Å². The maximum atomic E-state index is 14.1. The Labute approximate surface area is 111 Å². The predicted octanol–water partition coefficient (Wildman–Crippen LogP) is 2.70. The molecule has 1 aliphatic carbocycles. The van der Waals surface area contributed by atoms with E-state index >= 15 is 0 Å². The number of anilines is 2. The quantitative estimate of drug-likeness (QED) is 0.878. The molecule has 0 atom stereocenters. The maximum Gasteiger partial charge on any atom is 0.337 e. The molecule has 4 nitrogen and oxygen atoms in total. The number of nitrogens with one attached hydrogen (secondary N) is 1. The van der Waals surface area contributed by atoms with Crippen LogP contribution in [0.1, 0.15) is 36.0 Å². The molecule has 1 saturated heterocycles. The second-order valence-corrected chi connectivity index (χ2v) is 5.27. The van der Waals surface area contributed by atoms with Crippen LogP contribution in [0.4, 0.5) is 15.8 Å². The average molecular weight is 264 g/mol. The SMILES string of the molecule is O=C(O)c1cc(F)c(N2CCCC2)cc1NC1CC1. The number of nitrogens with zero attached hydrogens (tertiary/aromatic N) is 1. The third kappa shape index (κ3) is 2.50. The summed E-state index contributed by atoms with van der Waals surface area (Å²) < 4.78 is 14.1. The summed E-state index contributed by atoms with van der Waals surface area (Å²) in [6, 6.07) is 3.14. The van der Waals surface area contributed by atoms with E-state index in [0.29, 0.717) is 17.4 Å². The number of carboxylic acid groups (broad SMARTS) is 1. The van der Waals surface area contributed by atoms with Crippen molar-refractivity contribution in [2.45, 2.75) is 31.7 Å². The Morgan fingerprint density at radius 3 is 2.58 bits per heavy atom. The van der Waals surface area contributed by atoms with Crippen molar-refractivity contribution in [1.29, 1.82) is 0 Å². The second kappa shape index (κ2) is 4.72. The minimum absolute atomic E-state index is 0.0207. The van der Waals surface area contributed by atoms with Gasteiger partial charge in [-0.25, -0.2) is 9.18 Å². The van der Waals surface area contributed by atoms with Crippen LogP contribution >= 0.6 is 0 Å². The normalized spacial score (nSPS) is 18.7. The lowest BCUT2D eigenvalue weighted by Gasteiger charge is -2.20. The topological polar surface area (TPSA) is 52.6 Å². The zero-order chi connectivity index (χ0) is 13.4. The van der Waals surface area contributed by atoms with E-state index in [0.717, 1.165) is 44.8 Å². The molecule has 0 aromatic heterocycles. The van der Waals surface area contributed by atoms with Crippen LogP contribution in [-0.2, 0) is 0 Å². The lowest BCUT2D eigenvalue weighted by Crippen LogP contribution is -2.20. The largest absolute Gasteiger partial charge is 0.478 e. The molecule has 1 heterocycles. The van der Waals surface area contributed by atoms with Crippen LogP contribution in [0.3, 0.4) is 0 Å². The predicted molar refractivity (Wildman–Crippen MR) is 71.5 cm³/mol. The molecule has 1 aromatic rings. The van der Waals surface area contributed by atoms with Crippen LogP contribution in [0.2, 0.25) is 0 Å². The van der Waals surface area contributed by atoms with E-state index in [2.05, 4.69) is 5.32 Å². The van der Waals surface area contributed by atoms with Crippen molar-refractivity contribution in [2.24, 2.45) is 0 Å². The highest BCUT2D eigenvalue weighted by Gasteiger charge is 2.26. The van der Waals surface area contributed by atoms with E-state index in [1.54, 1.807) is 6.07 Å². The highest BCUT2D eigenvalue weighted by Crippen LogP contribution is 2.33. The number of carboxylic acids is 1. The minimum atomic E-state index is -1.09. The van der Waals surface area contributed by atoms with Gasteiger partial charge in [0, 0.05) is 19.1 Å². The lowest BCUT2D eigenvalue weighted by molar-refractivity contribution is 0.0697. The summed E-state index contributed by atoms with van der Waals surface area (Å²) in [6.07, 6.45) is 4.22. The van der Waals surface area contributed by atoms with Crippen molar-refractivity contribution in [3.63, 3.8) is 0 Å². The fourth-order valence-corrected chi connectivity index (χ4v) is 2.51. The molecular weight excluding hydrogens is 247 g/mol. The van der Waals surface area contributed by atoms with Gasteiger partial charge >= 0.3 is 5.97 Å². The summed E-state index contributed by atoms with van der Waals surface area (Å²) >= 11 is 0. The number of rotatable bonds is 4. The number of benzene rings is 1. The van der Waals surface area contributed by atoms with Gasteiger partial charge < -0.3 is 15.3 Å². The molecule has 102 valence electrons. The van der Waals surface area contributed by atoms with Gasteiger partial charge in [0.2, 0.25) is 0 Å². The lowest BCUT2D eigenvalue weighted by atomic mass is 10.1. The van der Waals surface area contributed by atoms with Crippen LogP contribution in [0, 0.1) is 5.82 Å². The van der Waals surface area contributed by atoms with Crippen molar-refractivity contribution in [3.8, 4) is 0 Å². The maximum absolute atomic E-state index is 14.1. The van der Waals surface area contributed by atoms with Gasteiger partial charge in [-0.3, -0.25) is 0 Å². The highest BCUT2D eigenvalue weighted by molar-refractivity contribution is 5.95. The minimum Gasteiger partial charge on any atom is -0.478 e. The first kappa shape index (κ1) is 12.3. The van der Waals surface area contributed by atoms with E-state index in [1.165, 1.54) is 0 Å². The molecule has 2 aliphatic rings. The van der Waals surface area contributed by atoms with Crippen LogP contribution in [0.15, 0.2) is 12.1 Å². The molecular formula is C14H17FN2O2. The third-order valence-electron chi connectivity index (χ3n) is 3.70. The van der Waals surface area contributed by atoms with Gasteiger partial charge in [0.25, 0.3) is 0 Å². The summed E-state index contributed by atoms with van der Waals surface area (Å²) in [7, 11) is 0. The molecule has 2 fully saturated rings. The van der Waals surface area contributed by atoms with Crippen LogP contribution in [0.25, 0.3) is 0 Å². The number of aromatic carboxylic acids is 1. The second-order valence-electron chi connectivity index (χ2n) is 5.27. The smallest absolute Gasteiger partial charge is 0.337 e. The highest BCUT2D eigenvalue weighted by atomic mass is 19.1. The van der Waals surface area contributed by atoms with E-state index in [4.69, 9.17) is 5.11 Å². The standard InChI is InChI=1S/C14H17FN2O2/c15-11-7-10(14(18)19)12(16-9-3-4-9)8-13(11)17-5-1-2-6-17/h7-9,16H,1-6H2,(H,18,19). The molecule has 2 N–H and O–H groups in total. The number of halogens is 1. The molecule has 0 unspecified atom stereocenters. The van der Waals surface area contributed by atoms with E-state index < -0.39 is 11.8 Å². The Kier molecular flexibility index (Phi) is 3.05. The molecule has 1 aromatic carbocycles. The Hall–Kier alpha value is -1.78. The Morgan fingerprint density at radius 1 is 1.32 bits per heavy atom. The molecule has 0 amide bonds. The fraction of sp³-hybridized carbons (Fsp3) is 0.500. The third-order valence-corrected chi connectivity index (χ3v) is 3.70. The first-order valence-corrected chi connectivity index (χ1v) is 6.73.